The van der Waals surface area contributed by atoms with Crippen molar-refractivity contribution in [1.29, 1.82) is 0 Å². The van der Waals surface area contributed by atoms with Gasteiger partial charge in [-0.15, -0.1) is 0 Å². The van der Waals surface area contributed by atoms with Crippen LogP contribution in [0.1, 0.15) is 15.9 Å². The molecule has 0 aliphatic rings. The maximum absolute atomic E-state index is 11.9. The minimum Gasteiger partial charge on any atom is -0.507 e. The number of phenols is 1. The third-order valence-corrected chi connectivity index (χ3v) is 3.56. The van der Waals surface area contributed by atoms with Crippen LogP contribution >= 0.6 is 15.9 Å². The topological polar surface area (TPSA) is 75.3 Å². The second kappa shape index (κ2) is 6.43. The molecular weight excluding hydrogens is 320 g/mol. The summed E-state index contributed by atoms with van der Waals surface area (Å²) < 4.78 is 0.566. The quantitative estimate of drug-likeness (QED) is 0.752. The van der Waals surface area contributed by atoms with E-state index in [4.69, 9.17) is 5.73 Å². The average molecular weight is 335 g/mol. The van der Waals surface area contributed by atoms with E-state index in [2.05, 4.69) is 21.2 Å². The molecule has 0 bridgehead atoms. The minimum absolute atomic E-state index is 0.0520. The monoisotopic (exact) mass is 334 g/mol. The molecule has 0 heterocycles. The summed E-state index contributed by atoms with van der Waals surface area (Å²) in [7, 11) is 0. The average Bonchev–Trinajstić information content (AvgIpc) is 2.44. The Morgan fingerprint density at radius 3 is 2.55 bits per heavy atom. The fourth-order valence-electron chi connectivity index (χ4n) is 1.76. The van der Waals surface area contributed by atoms with Gasteiger partial charge in [0.15, 0.2) is 0 Å². The van der Waals surface area contributed by atoms with E-state index in [9.17, 15) is 9.90 Å². The molecule has 0 saturated carbocycles. The zero-order valence-corrected chi connectivity index (χ0v) is 12.4. The highest BCUT2D eigenvalue weighted by Gasteiger charge is 2.07. The molecule has 20 heavy (non-hydrogen) atoms. The van der Waals surface area contributed by atoms with Crippen molar-refractivity contribution < 1.29 is 9.90 Å². The van der Waals surface area contributed by atoms with Crippen molar-refractivity contribution in [2.75, 3.05) is 12.3 Å². The van der Waals surface area contributed by atoms with E-state index in [-0.39, 0.29) is 11.7 Å². The van der Waals surface area contributed by atoms with Gasteiger partial charge in [0.25, 0.3) is 5.91 Å². The van der Waals surface area contributed by atoms with E-state index in [1.165, 1.54) is 6.07 Å². The number of nitrogens with one attached hydrogen (secondary N) is 1. The normalized spacial score (nSPS) is 10.2. The molecule has 0 aliphatic heterocycles. The van der Waals surface area contributed by atoms with E-state index in [0.717, 1.165) is 17.7 Å². The second-order valence-corrected chi connectivity index (χ2v) is 5.27. The summed E-state index contributed by atoms with van der Waals surface area (Å²) in [4.78, 5) is 11.9. The van der Waals surface area contributed by atoms with E-state index >= 15 is 0 Å². The lowest BCUT2D eigenvalue weighted by Crippen LogP contribution is -2.25. The largest absolute Gasteiger partial charge is 0.507 e. The van der Waals surface area contributed by atoms with Gasteiger partial charge >= 0.3 is 0 Å². The molecule has 0 atom stereocenters. The molecule has 0 aromatic heterocycles. The van der Waals surface area contributed by atoms with Crippen LogP contribution in [0, 0.1) is 0 Å². The van der Waals surface area contributed by atoms with Crippen LogP contribution < -0.4 is 11.1 Å². The number of phenolic OH excluding ortho intramolecular Hbond substituents is 1. The number of nitrogens with two attached hydrogens (primary N) is 1. The van der Waals surface area contributed by atoms with Crippen molar-refractivity contribution in [3.8, 4) is 5.75 Å². The molecule has 0 radical (unpaired) electrons. The minimum atomic E-state index is -0.205. The number of amides is 1. The Bertz CT molecular complexity index is 612. The highest BCUT2D eigenvalue weighted by atomic mass is 79.9. The first-order valence-electron chi connectivity index (χ1n) is 6.17. The number of benzene rings is 2. The van der Waals surface area contributed by atoms with E-state index < -0.39 is 0 Å². The zero-order valence-electron chi connectivity index (χ0n) is 10.8. The number of halogens is 1. The summed E-state index contributed by atoms with van der Waals surface area (Å²) in [6.07, 6.45) is 0.731. The van der Waals surface area contributed by atoms with Crippen LogP contribution in [-0.2, 0) is 6.42 Å². The molecule has 4 nitrogen and oxygen atoms in total. The standard InChI is InChI=1S/C15H15BrN2O2/c16-13-6-3-11(9-14(13)19)15(20)18-8-7-10-1-4-12(17)5-2-10/h1-6,9,19H,7-8,17H2,(H,18,20). The zero-order chi connectivity index (χ0) is 14.5. The van der Waals surface area contributed by atoms with Crippen molar-refractivity contribution in [1.82, 2.24) is 5.32 Å². The summed E-state index contributed by atoms with van der Waals surface area (Å²) in [5.41, 5.74) is 7.88. The number of hydrogen-bond donors (Lipinski definition) is 3. The Hall–Kier alpha value is -2.01. The fourth-order valence-corrected chi connectivity index (χ4v) is 2.01. The number of aromatic hydroxyl groups is 1. The number of carbonyl (C=O) groups excluding carboxylic acids is 1. The third kappa shape index (κ3) is 3.74. The number of rotatable bonds is 4. The Labute approximate surface area is 125 Å². The Morgan fingerprint density at radius 2 is 1.90 bits per heavy atom. The Balaban J connectivity index is 1.88. The van der Waals surface area contributed by atoms with Gasteiger partial charge in [0.1, 0.15) is 5.75 Å². The Kier molecular flexibility index (Phi) is 4.63. The van der Waals surface area contributed by atoms with Crippen LogP contribution in [0.5, 0.6) is 5.75 Å². The van der Waals surface area contributed by atoms with Gasteiger partial charge in [0.2, 0.25) is 0 Å². The van der Waals surface area contributed by atoms with Crippen molar-refractivity contribution in [2.24, 2.45) is 0 Å². The molecule has 0 fully saturated rings. The highest BCUT2D eigenvalue weighted by Crippen LogP contribution is 2.24. The van der Waals surface area contributed by atoms with Crippen LogP contribution in [0.2, 0.25) is 0 Å². The first-order chi connectivity index (χ1) is 9.56. The lowest BCUT2D eigenvalue weighted by Gasteiger charge is -2.06. The maximum atomic E-state index is 11.9. The summed E-state index contributed by atoms with van der Waals surface area (Å²) in [5.74, 6) is -0.153. The SMILES string of the molecule is Nc1ccc(CCNC(=O)c2ccc(Br)c(O)c2)cc1. The van der Waals surface area contributed by atoms with Gasteiger partial charge < -0.3 is 16.2 Å². The first-order valence-corrected chi connectivity index (χ1v) is 6.96. The van der Waals surface area contributed by atoms with E-state index in [1.54, 1.807) is 12.1 Å². The van der Waals surface area contributed by atoms with Crippen LogP contribution in [-0.4, -0.2) is 17.6 Å². The maximum Gasteiger partial charge on any atom is 0.251 e. The molecular formula is C15H15BrN2O2. The summed E-state index contributed by atoms with van der Waals surface area (Å²) in [6, 6.07) is 12.3. The Morgan fingerprint density at radius 1 is 1.20 bits per heavy atom. The van der Waals surface area contributed by atoms with Crippen LogP contribution in [0.3, 0.4) is 0 Å². The predicted octanol–water partition coefficient (Wildman–Crippen LogP) is 2.71. The molecule has 0 unspecified atom stereocenters. The van der Waals surface area contributed by atoms with Gasteiger partial charge in [-0.05, 0) is 58.2 Å². The number of nitrogen functional groups attached to an aromatic ring is 1. The molecule has 2 aromatic rings. The highest BCUT2D eigenvalue weighted by molar-refractivity contribution is 9.10. The molecule has 1 amide bonds. The molecule has 4 N–H and O–H groups in total. The van der Waals surface area contributed by atoms with Gasteiger partial charge in [0, 0.05) is 17.8 Å². The molecule has 2 aromatic carbocycles. The van der Waals surface area contributed by atoms with Crippen LogP contribution in [0.25, 0.3) is 0 Å². The second-order valence-electron chi connectivity index (χ2n) is 4.41. The van der Waals surface area contributed by atoms with Crippen LogP contribution in [0.15, 0.2) is 46.9 Å². The van der Waals surface area contributed by atoms with Gasteiger partial charge in [-0.2, -0.15) is 0 Å². The lowest BCUT2D eigenvalue weighted by atomic mass is 10.1. The number of hydrogen-bond acceptors (Lipinski definition) is 3. The van der Waals surface area contributed by atoms with Crippen molar-refractivity contribution in [2.45, 2.75) is 6.42 Å². The smallest absolute Gasteiger partial charge is 0.251 e. The van der Waals surface area contributed by atoms with Gasteiger partial charge in [-0.1, -0.05) is 12.1 Å². The third-order valence-electron chi connectivity index (χ3n) is 2.89. The van der Waals surface area contributed by atoms with Gasteiger partial charge in [-0.25, -0.2) is 0 Å². The molecule has 2 rings (SSSR count). The van der Waals surface area contributed by atoms with E-state index in [0.29, 0.717) is 16.6 Å². The number of carbonyl (C=O) groups is 1. The van der Waals surface area contributed by atoms with Gasteiger partial charge in [0.05, 0.1) is 4.47 Å². The first kappa shape index (κ1) is 14.4. The summed E-state index contributed by atoms with van der Waals surface area (Å²) in [6.45, 7) is 0.527. The van der Waals surface area contributed by atoms with Crippen molar-refractivity contribution in [3.05, 3.63) is 58.1 Å². The van der Waals surface area contributed by atoms with Gasteiger partial charge in [-0.3, -0.25) is 4.79 Å². The molecule has 0 spiro atoms. The molecule has 104 valence electrons. The lowest BCUT2D eigenvalue weighted by molar-refractivity contribution is 0.0953. The van der Waals surface area contributed by atoms with E-state index in [1.807, 2.05) is 24.3 Å². The fraction of sp³-hybridized carbons (Fsp3) is 0.133. The predicted molar refractivity (Wildman–Crippen MR) is 82.7 cm³/mol. The summed E-state index contributed by atoms with van der Waals surface area (Å²) >= 11 is 3.18. The molecule has 0 aliphatic carbocycles. The number of anilines is 1. The molecule has 5 heteroatoms. The van der Waals surface area contributed by atoms with Crippen molar-refractivity contribution >= 4 is 27.5 Å². The van der Waals surface area contributed by atoms with Crippen LogP contribution in [0.4, 0.5) is 5.69 Å². The summed E-state index contributed by atoms with van der Waals surface area (Å²) in [5, 5.41) is 12.4. The molecule has 0 saturated heterocycles. The van der Waals surface area contributed by atoms with Crippen molar-refractivity contribution in [3.63, 3.8) is 0 Å².